The second kappa shape index (κ2) is 20.3. The van der Waals surface area contributed by atoms with Gasteiger partial charge in [-0.2, -0.15) is 4.98 Å². The Morgan fingerprint density at radius 3 is 2.35 bits per heavy atom. The number of aromatic nitrogens is 2. The summed E-state index contributed by atoms with van der Waals surface area (Å²) in [5, 5.41) is 9.39. The van der Waals surface area contributed by atoms with Crippen LogP contribution in [0, 0.1) is 0 Å². The highest BCUT2D eigenvalue weighted by atomic mass is 35.5. The molecule has 0 saturated carbocycles. The van der Waals surface area contributed by atoms with E-state index >= 15 is 0 Å². The molecule has 4 aliphatic heterocycles. The third kappa shape index (κ3) is 9.99. The van der Waals surface area contributed by atoms with Crippen LogP contribution in [-0.2, 0) is 28.0 Å². The number of nitrogens with zero attached hydrogens (tertiary/aromatic N) is 6. The molecule has 344 valence electrons. The molecular formula is C46H55ClN9O8P. The van der Waals surface area contributed by atoms with E-state index in [0.29, 0.717) is 78.6 Å². The number of piperidine rings is 2. The highest BCUT2D eigenvalue weighted by Gasteiger charge is 2.44. The number of unbranched alkanes of at least 4 members (excludes halogenated alkanes) is 1. The number of para-hydroxylation sites is 1. The first-order valence-corrected chi connectivity index (χ1v) is 24.0. The molecule has 3 fully saturated rings. The normalized spacial score (nSPS) is 19.6. The number of fused-ring (bicyclic) bond motifs is 1. The molecule has 3 N–H and O–H groups in total. The standard InChI is InChI=1S/C46H55ClN9O8P/c1-62-39-28-31(16-17-35(39)50-46-48-29-34(47)43(52-46)49-36-12-6-8-14-40(36)65(61,63-2)64-3)53-22-20-30(21-23-53)54-24-26-55(27-25-54)42(58)15-9-7-13-37-32-10-4-5-11-33(32)45(60)56(37)38-18-19-41(57)51-44(38)59/h4-6,8,10-12,14,16-17,28-30,37-38H,7,9,13,15,18-27H2,1-3H3,(H,51,57,59)(H2,48,49,50,52). The van der Waals surface area contributed by atoms with Crippen molar-refractivity contribution in [1.82, 2.24) is 30.0 Å². The average molecular weight is 928 g/mol. The monoisotopic (exact) mass is 927 g/mol. The summed E-state index contributed by atoms with van der Waals surface area (Å²) >= 11 is 6.49. The van der Waals surface area contributed by atoms with Crippen LogP contribution < -0.4 is 30.9 Å². The number of rotatable bonds is 16. The minimum absolute atomic E-state index is 0.153. The van der Waals surface area contributed by atoms with Gasteiger partial charge in [0.15, 0.2) is 5.82 Å². The quantitative estimate of drug-likeness (QED) is 0.0635. The van der Waals surface area contributed by atoms with E-state index in [-0.39, 0.29) is 41.2 Å². The van der Waals surface area contributed by atoms with Crippen molar-refractivity contribution in [2.75, 3.05) is 76.1 Å². The summed E-state index contributed by atoms with van der Waals surface area (Å²) < 4.78 is 29.5. The van der Waals surface area contributed by atoms with Gasteiger partial charge in [-0.05, 0) is 68.0 Å². The zero-order chi connectivity index (χ0) is 45.7. The Kier molecular flexibility index (Phi) is 14.4. The highest BCUT2D eigenvalue weighted by Crippen LogP contribution is 2.47. The lowest BCUT2D eigenvalue weighted by Crippen LogP contribution is -2.54. The maximum Gasteiger partial charge on any atom is 0.362 e. The summed E-state index contributed by atoms with van der Waals surface area (Å²) in [5.74, 6) is 0.435. The van der Waals surface area contributed by atoms with Crippen molar-refractivity contribution in [3.63, 3.8) is 0 Å². The molecule has 5 heterocycles. The van der Waals surface area contributed by atoms with Crippen LogP contribution >= 0.6 is 19.2 Å². The molecule has 0 bridgehead atoms. The van der Waals surface area contributed by atoms with E-state index in [9.17, 15) is 23.7 Å². The molecule has 2 atom stereocenters. The number of benzene rings is 3. The first-order valence-electron chi connectivity index (χ1n) is 22.1. The number of nitrogens with one attached hydrogen (secondary N) is 3. The molecule has 4 amide bonds. The fraction of sp³-hybridized carbons (Fsp3) is 0.435. The molecular weight excluding hydrogens is 873 g/mol. The Morgan fingerprint density at radius 1 is 0.877 bits per heavy atom. The molecule has 0 aliphatic carbocycles. The van der Waals surface area contributed by atoms with Gasteiger partial charge in [0.1, 0.15) is 16.8 Å². The van der Waals surface area contributed by atoms with Crippen LogP contribution in [0.4, 0.5) is 28.8 Å². The largest absolute Gasteiger partial charge is 0.494 e. The van der Waals surface area contributed by atoms with Gasteiger partial charge in [0.2, 0.25) is 23.7 Å². The van der Waals surface area contributed by atoms with E-state index < -0.39 is 19.5 Å². The van der Waals surface area contributed by atoms with Crippen molar-refractivity contribution >= 4 is 77.0 Å². The van der Waals surface area contributed by atoms with Crippen molar-refractivity contribution in [3.8, 4) is 5.75 Å². The molecule has 3 saturated heterocycles. The maximum atomic E-state index is 13.4. The van der Waals surface area contributed by atoms with E-state index in [4.69, 9.17) is 25.4 Å². The molecule has 17 nitrogen and oxygen atoms in total. The Balaban J connectivity index is 0.797. The van der Waals surface area contributed by atoms with Gasteiger partial charge in [0.05, 0.1) is 36.0 Å². The number of amides is 4. The fourth-order valence-corrected chi connectivity index (χ4v) is 10.8. The molecule has 4 aromatic rings. The van der Waals surface area contributed by atoms with Gasteiger partial charge in [0, 0.05) is 89.7 Å². The van der Waals surface area contributed by atoms with Crippen molar-refractivity contribution in [2.45, 2.75) is 69.5 Å². The molecule has 0 radical (unpaired) electrons. The minimum Gasteiger partial charge on any atom is -0.494 e. The number of hydrogen-bond donors (Lipinski definition) is 3. The predicted molar refractivity (Wildman–Crippen MR) is 248 cm³/mol. The number of ether oxygens (including phenoxy) is 1. The molecule has 3 aromatic carbocycles. The van der Waals surface area contributed by atoms with Crippen molar-refractivity contribution in [2.24, 2.45) is 0 Å². The Labute approximate surface area is 383 Å². The first kappa shape index (κ1) is 46.0. The molecule has 2 unspecified atom stereocenters. The van der Waals surface area contributed by atoms with Gasteiger partial charge in [-0.1, -0.05) is 48.4 Å². The van der Waals surface area contributed by atoms with Crippen molar-refractivity contribution in [3.05, 3.63) is 89.1 Å². The number of anilines is 5. The van der Waals surface area contributed by atoms with Gasteiger partial charge in [0.25, 0.3) is 5.91 Å². The van der Waals surface area contributed by atoms with Crippen LogP contribution in [0.2, 0.25) is 5.02 Å². The second-order valence-electron chi connectivity index (χ2n) is 16.6. The lowest BCUT2D eigenvalue weighted by atomic mass is 9.97. The summed E-state index contributed by atoms with van der Waals surface area (Å²) in [5.41, 5.74) is 3.69. The van der Waals surface area contributed by atoms with Crippen LogP contribution in [0.15, 0.2) is 72.9 Å². The first-order chi connectivity index (χ1) is 31.5. The van der Waals surface area contributed by atoms with Gasteiger partial charge < -0.3 is 39.1 Å². The number of methoxy groups -OCH3 is 1. The molecule has 8 rings (SSSR count). The van der Waals surface area contributed by atoms with Gasteiger partial charge in [-0.15, -0.1) is 0 Å². The molecule has 19 heteroatoms. The van der Waals surface area contributed by atoms with Gasteiger partial charge >= 0.3 is 7.60 Å². The zero-order valence-corrected chi connectivity index (χ0v) is 38.5. The van der Waals surface area contributed by atoms with Crippen LogP contribution in [-0.4, -0.2) is 121 Å². The summed E-state index contributed by atoms with van der Waals surface area (Å²) in [7, 11) is 0.701. The lowest BCUT2D eigenvalue weighted by molar-refractivity contribution is -0.137. The number of carbonyl (C=O) groups is 4. The Bertz CT molecular complexity index is 2450. The van der Waals surface area contributed by atoms with Crippen LogP contribution in [0.1, 0.15) is 73.3 Å². The molecule has 0 spiro atoms. The molecule has 1 aromatic heterocycles. The Morgan fingerprint density at radius 2 is 1.62 bits per heavy atom. The summed E-state index contributed by atoms with van der Waals surface area (Å²) in [6.07, 6.45) is 6.49. The van der Waals surface area contributed by atoms with Crippen LogP contribution in [0.25, 0.3) is 0 Å². The maximum absolute atomic E-state index is 13.4. The van der Waals surface area contributed by atoms with E-state index in [2.05, 4.69) is 41.8 Å². The van der Waals surface area contributed by atoms with Crippen LogP contribution in [0.5, 0.6) is 5.75 Å². The summed E-state index contributed by atoms with van der Waals surface area (Å²) in [6.45, 7) is 4.84. The Hall–Kier alpha value is -5.58. The third-order valence-electron chi connectivity index (χ3n) is 12.9. The smallest absolute Gasteiger partial charge is 0.362 e. The van der Waals surface area contributed by atoms with E-state index in [0.717, 1.165) is 56.7 Å². The van der Waals surface area contributed by atoms with Gasteiger partial charge in [-0.25, -0.2) is 4.98 Å². The zero-order valence-electron chi connectivity index (χ0n) is 36.8. The molecule has 4 aliphatic rings. The third-order valence-corrected chi connectivity index (χ3v) is 15.1. The van der Waals surface area contributed by atoms with Crippen molar-refractivity contribution in [1.29, 1.82) is 0 Å². The summed E-state index contributed by atoms with van der Waals surface area (Å²) in [6, 6.07) is 19.9. The van der Waals surface area contributed by atoms with E-state index in [1.54, 1.807) is 42.3 Å². The van der Waals surface area contributed by atoms with Gasteiger partial charge in [-0.3, -0.25) is 34.0 Å². The average Bonchev–Trinajstić information content (AvgIpc) is 3.61. The second-order valence-corrected chi connectivity index (χ2v) is 19.2. The van der Waals surface area contributed by atoms with E-state index in [1.165, 1.54) is 20.4 Å². The van der Waals surface area contributed by atoms with E-state index in [1.807, 2.05) is 35.2 Å². The predicted octanol–water partition coefficient (Wildman–Crippen LogP) is 6.41. The number of piperazine rings is 1. The number of carbonyl (C=O) groups excluding carboxylic acids is 4. The number of halogens is 1. The SMILES string of the molecule is COc1cc(N2CCC(N3CCN(C(=O)CCCCC4c5ccccc5C(=O)N4C4CCC(=O)NC4=O)CC3)CC2)ccc1Nc1ncc(Cl)c(Nc2ccccc2P(=O)(OC)OC)n1. The number of imide groups is 1. The highest BCUT2D eigenvalue weighted by molar-refractivity contribution is 7.62. The van der Waals surface area contributed by atoms with Crippen LogP contribution in [0.3, 0.4) is 0 Å². The topological polar surface area (TPSA) is 188 Å². The summed E-state index contributed by atoms with van der Waals surface area (Å²) in [4.78, 5) is 68.9. The fourth-order valence-electron chi connectivity index (χ4n) is 9.44. The molecule has 65 heavy (non-hydrogen) atoms. The van der Waals surface area contributed by atoms with Crippen molar-refractivity contribution < 1.29 is 37.5 Å². The number of hydrogen-bond acceptors (Lipinski definition) is 14. The minimum atomic E-state index is -3.57. The lowest BCUT2D eigenvalue weighted by Gasteiger charge is -2.43.